The second-order valence-electron chi connectivity index (χ2n) is 7.54. The highest BCUT2D eigenvalue weighted by Crippen LogP contribution is 2.32. The van der Waals surface area contributed by atoms with E-state index in [-0.39, 0.29) is 12.3 Å². The van der Waals surface area contributed by atoms with Crippen LogP contribution in [0.25, 0.3) is 0 Å². The Hall–Kier alpha value is -4.37. The molecule has 9 heteroatoms. The molecule has 0 bridgehead atoms. The Balaban J connectivity index is 1.53. The van der Waals surface area contributed by atoms with Crippen LogP contribution in [0.3, 0.4) is 0 Å². The highest BCUT2D eigenvalue weighted by Gasteiger charge is 2.26. The molecule has 35 heavy (non-hydrogen) atoms. The first-order chi connectivity index (χ1) is 17.0. The molecule has 0 fully saturated rings. The Labute approximate surface area is 204 Å². The average Bonchev–Trinajstić information content (AvgIpc) is 2.88. The molecule has 176 valence electrons. The number of carboxylic acids is 1. The third-order valence-corrected chi connectivity index (χ3v) is 6.86. The van der Waals surface area contributed by atoms with Crippen molar-refractivity contribution in [2.24, 2.45) is 0 Å². The standard InChI is InChI=1S/C26H22N4O4S/c31-25(32)16-23(19-6-5-14-27-17-19)35(34)22-8-2-1-7-21(22)30-26(33)18-10-12-20(13-11-18)29-24-9-3-4-15-28-24/h1-15,17,23H,16H2,(H,28,29)(H,30,33)(H,31,32). The molecule has 2 aromatic heterocycles. The van der Waals surface area contributed by atoms with Crippen molar-refractivity contribution in [3.63, 3.8) is 0 Å². The first-order valence-electron chi connectivity index (χ1n) is 10.7. The molecule has 2 atom stereocenters. The van der Waals surface area contributed by atoms with Crippen LogP contribution in [0.2, 0.25) is 0 Å². The van der Waals surface area contributed by atoms with Crippen LogP contribution in [0.1, 0.15) is 27.6 Å². The third-order valence-electron chi connectivity index (χ3n) is 5.11. The van der Waals surface area contributed by atoms with Crippen LogP contribution in [-0.2, 0) is 15.6 Å². The third kappa shape index (κ3) is 6.15. The molecular weight excluding hydrogens is 464 g/mol. The summed E-state index contributed by atoms with van der Waals surface area (Å²) in [6, 6.07) is 22.4. The van der Waals surface area contributed by atoms with Crippen LogP contribution in [-0.4, -0.2) is 31.2 Å². The fourth-order valence-electron chi connectivity index (χ4n) is 3.42. The Morgan fingerprint density at radius 3 is 2.37 bits per heavy atom. The minimum absolute atomic E-state index is 0.337. The quantitative estimate of drug-likeness (QED) is 0.311. The van der Waals surface area contributed by atoms with Crippen LogP contribution in [0.5, 0.6) is 0 Å². The summed E-state index contributed by atoms with van der Waals surface area (Å²) in [5, 5.41) is 14.5. The molecule has 8 nitrogen and oxygen atoms in total. The number of aliphatic carboxylic acids is 1. The molecule has 0 aliphatic heterocycles. The van der Waals surface area contributed by atoms with E-state index < -0.39 is 22.0 Å². The number of para-hydroxylation sites is 1. The van der Waals surface area contributed by atoms with E-state index >= 15 is 0 Å². The van der Waals surface area contributed by atoms with Crippen LogP contribution < -0.4 is 10.6 Å². The van der Waals surface area contributed by atoms with Gasteiger partial charge in [0.15, 0.2) is 0 Å². The topological polar surface area (TPSA) is 121 Å². The highest BCUT2D eigenvalue weighted by atomic mass is 32.2. The summed E-state index contributed by atoms with van der Waals surface area (Å²) in [5.74, 6) is -0.770. The molecule has 0 saturated heterocycles. The van der Waals surface area contributed by atoms with Crippen LogP contribution in [0, 0.1) is 0 Å². The number of carboxylic acid groups (broad SMARTS) is 1. The lowest BCUT2D eigenvalue weighted by Crippen LogP contribution is -2.17. The summed E-state index contributed by atoms with van der Waals surface area (Å²) < 4.78 is 13.5. The van der Waals surface area contributed by atoms with Gasteiger partial charge in [-0.05, 0) is 60.2 Å². The zero-order valence-electron chi connectivity index (χ0n) is 18.5. The van der Waals surface area contributed by atoms with Gasteiger partial charge in [0.2, 0.25) is 0 Å². The van der Waals surface area contributed by atoms with Gasteiger partial charge in [-0.2, -0.15) is 0 Å². The van der Waals surface area contributed by atoms with Gasteiger partial charge in [0, 0.05) is 29.8 Å². The Morgan fingerprint density at radius 1 is 0.914 bits per heavy atom. The number of carbonyl (C=O) groups excluding carboxylic acids is 1. The van der Waals surface area contributed by atoms with E-state index in [4.69, 9.17) is 0 Å². The van der Waals surface area contributed by atoms with Crippen LogP contribution in [0.15, 0.2) is 102 Å². The zero-order chi connectivity index (χ0) is 24.6. The minimum Gasteiger partial charge on any atom is -0.481 e. The molecule has 0 aliphatic carbocycles. The number of aromatic nitrogens is 2. The van der Waals surface area contributed by atoms with Crippen LogP contribution >= 0.6 is 0 Å². The van der Waals surface area contributed by atoms with E-state index in [0.29, 0.717) is 27.5 Å². The molecule has 0 aliphatic rings. The summed E-state index contributed by atoms with van der Waals surface area (Å²) in [6.07, 6.45) is 4.41. The van der Waals surface area contributed by atoms with Crippen molar-refractivity contribution >= 4 is 39.9 Å². The maximum atomic E-state index is 13.5. The number of hydrogen-bond acceptors (Lipinski definition) is 6. The first-order valence-corrected chi connectivity index (χ1v) is 11.9. The summed E-state index contributed by atoms with van der Waals surface area (Å²) in [7, 11) is -1.76. The summed E-state index contributed by atoms with van der Waals surface area (Å²) in [5.41, 5.74) is 2.08. The van der Waals surface area contributed by atoms with Crippen molar-refractivity contribution in [3.8, 4) is 0 Å². The van der Waals surface area contributed by atoms with E-state index in [2.05, 4.69) is 20.6 Å². The fourth-order valence-corrected chi connectivity index (χ4v) is 4.96. The average molecular weight is 487 g/mol. The van der Waals surface area contributed by atoms with Gasteiger partial charge in [-0.15, -0.1) is 0 Å². The van der Waals surface area contributed by atoms with Crippen molar-refractivity contribution in [1.29, 1.82) is 0 Å². The van der Waals surface area contributed by atoms with Gasteiger partial charge in [-0.3, -0.25) is 18.8 Å². The van der Waals surface area contributed by atoms with Gasteiger partial charge in [0.1, 0.15) is 5.82 Å². The highest BCUT2D eigenvalue weighted by molar-refractivity contribution is 7.85. The number of nitrogens with zero attached hydrogens (tertiary/aromatic N) is 2. The van der Waals surface area contributed by atoms with Crippen molar-refractivity contribution in [1.82, 2.24) is 9.97 Å². The summed E-state index contributed by atoms with van der Waals surface area (Å²) in [4.78, 5) is 33.0. The molecule has 3 N–H and O–H groups in total. The lowest BCUT2D eigenvalue weighted by Gasteiger charge is -2.17. The Morgan fingerprint density at radius 2 is 1.69 bits per heavy atom. The van der Waals surface area contributed by atoms with Gasteiger partial charge in [-0.25, -0.2) is 4.98 Å². The lowest BCUT2D eigenvalue weighted by atomic mass is 10.1. The minimum atomic E-state index is -1.76. The van der Waals surface area contributed by atoms with Gasteiger partial charge >= 0.3 is 5.97 Å². The van der Waals surface area contributed by atoms with E-state index in [0.717, 1.165) is 5.69 Å². The number of carbonyl (C=O) groups is 2. The number of anilines is 3. The van der Waals surface area contributed by atoms with Gasteiger partial charge in [0.05, 0.1) is 33.1 Å². The number of nitrogens with one attached hydrogen (secondary N) is 2. The number of pyridine rings is 2. The molecule has 0 spiro atoms. The van der Waals surface area contributed by atoms with Gasteiger partial charge in [-0.1, -0.05) is 24.3 Å². The van der Waals surface area contributed by atoms with Gasteiger partial charge < -0.3 is 15.7 Å². The van der Waals surface area contributed by atoms with Crippen molar-refractivity contribution in [2.45, 2.75) is 16.6 Å². The number of amides is 1. The zero-order valence-corrected chi connectivity index (χ0v) is 19.3. The van der Waals surface area contributed by atoms with Crippen LogP contribution in [0.4, 0.5) is 17.2 Å². The SMILES string of the molecule is O=C(O)CC(c1cccnc1)S(=O)c1ccccc1NC(=O)c1ccc(Nc2ccccn2)cc1. The molecule has 4 aromatic rings. The maximum absolute atomic E-state index is 13.5. The van der Waals surface area contributed by atoms with E-state index in [9.17, 15) is 18.9 Å². The lowest BCUT2D eigenvalue weighted by molar-refractivity contribution is -0.137. The van der Waals surface area contributed by atoms with Crippen molar-refractivity contribution < 1.29 is 18.9 Å². The molecule has 0 radical (unpaired) electrons. The van der Waals surface area contributed by atoms with E-state index in [1.54, 1.807) is 73.1 Å². The smallest absolute Gasteiger partial charge is 0.304 e. The first kappa shape index (κ1) is 23.8. The predicted molar refractivity (Wildman–Crippen MR) is 134 cm³/mol. The molecule has 4 rings (SSSR count). The Bertz CT molecular complexity index is 1330. The summed E-state index contributed by atoms with van der Waals surface area (Å²) >= 11 is 0. The van der Waals surface area contributed by atoms with Crippen molar-refractivity contribution in [3.05, 3.63) is 109 Å². The number of benzene rings is 2. The summed E-state index contributed by atoms with van der Waals surface area (Å²) in [6.45, 7) is 0. The number of hydrogen-bond donors (Lipinski definition) is 3. The van der Waals surface area contributed by atoms with E-state index in [1.165, 1.54) is 6.20 Å². The molecule has 0 saturated carbocycles. The Kier molecular flexibility index (Phi) is 7.59. The van der Waals surface area contributed by atoms with E-state index in [1.807, 2.05) is 18.2 Å². The fraction of sp³-hybridized carbons (Fsp3) is 0.0769. The normalized spacial score (nSPS) is 12.3. The second kappa shape index (κ2) is 11.2. The second-order valence-corrected chi connectivity index (χ2v) is 9.14. The monoisotopic (exact) mass is 486 g/mol. The molecular formula is C26H22N4O4S. The number of rotatable bonds is 9. The van der Waals surface area contributed by atoms with Gasteiger partial charge in [0.25, 0.3) is 5.91 Å². The molecule has 2 heterocycles. The maximum Gasteiger partial charge on any atom is 0.304 e. The molecule has 2 unspecified atom stereocenters. The predicted octanol–water partition coefficient (Wildman–Crippen LogP) is 4.80. The van der Waals surface area contributed by atoms with Crippen molar-refractivity contribution in [2.75, 3.05) is 10.6 Å². The largest absolute Gasteiger partial charge is 0.481 e. The molecule has 2 aromatic carbocycles. The molecule has 1 amide bonds.